The second kappa shape index (κ2) is 7.26. The second-order valence-corrected chi connectivity index (χ2v) is 5.45. The number of benzene rings is 1. The Kier molecular flexibility index (Phi) is 5.36. The van der Waals surface area contributed by atoms with E-state index in [0.717, 1.165) is 36.0 Å². The molecule has 19 heavy (non-hydrogen) atoms. The summed E-state index contributed by atoms with van der Waals surface area (Å²) in [5, 5.41) is 6.46. The maximum atomic E-state index is 5.71. The number of rotatable bonds is 7. The summed E-state index contributed by atoms with van der Waals surface area (Å²) >= 11 is 1.65. The Morgan fingerprint density at radius 1 is 1.26 bits per heavy atom. The van der Waals surface area contributed by atoms with Crippen molar-refractivity contribution in [3.63, 3.8) is 0 Å². The molecule has 1 heterocycles. The van der Waals surface area contributed by atoms with E-state index in [2.05, 4.69) is 41.7 Å². The minimum Gasteiger partial charge on any atom is -0.486 e. The summed E-state index contributed by atoms with van der Waals surface area (Å²) in [6.45, 7) is 6.65. The summed E-state index contributed by atoms with van der Waals surface area (Å²) in [4.78, 5) is 4.55. The normalized spacial score (nSPS) is 10.6. The summed E-state index contributed by atoms with van der Waals surface area (Å²) in [7, 11) is 0. The minimum atomic E-state index is 0.543. The molecule has 1 aromatic carbocycles. The smallest absolute Gasteiger partial charge is 0.140 e. The van der Waals surface area contributed by atoms with E-state index >= 15 is 0 Å². The Labute approximate surface area is 118 Å². The van der Waals surface area contributed by atoms with Crippen LogP contribution in [-0.4, -0.2) is 11.5 Å². The van der Waals surface area contributed by atoms with Gasteiger partial charge in [0.25, 0.3) is 0 Å². The van der Waals surface area contributed by atoms with Crippen LogP contribution in [0.5, 0.6) is 5.75 Å². The topological polar surface area (TPSA) is 34.1 Å². The number of hydrogen-bond acceptors (Lipinski definition) is 4. The molecule has 0 aliphatic carbocycles. The van der Waals surface area contributed by atoms with Crippen LogP contribution in [0.4, 0.5) is 0 Å². The Bertz CT molecular complexity index is 493. The van der Waals surface area contributed by atoms with Crippen molar-refractivity contribution in [2.45, 2.75) is 33.4 Å². The van der Waals surface area contributed by atoms with E-state index in [1.807, 2.05) is 12.1 Å². The van der Waals surface area contributed by atoms with Crippen molar-refractivity contribution >= 4 is 11.3 Å². The van der Waals surface area contributed by atoms with Gasteiger partial charge in [-0.2, -0.15) is 0 Å². The third-order valence-electron chi connectivity index (χ3n) is 2.72. The molecular weight excluding hydrogens is 256 g/mol. The van der Waals surface area contributed by atoms with Crippen LogP contribution in [0, 0.1) is 6.92 Å². The molecule has 4 heteroatoms. The zero-order valence-electron chi connectivity index (χ0n) is 11.5. The summed E-state index contributed by atoms with van der Waals surface area (Å²) in [5.41, 5.74) is 2.34. The highest BCUT2D eigenvalue weighted by Gasteiger charge is 2.02. The van der Waals surface area contributed by atoms with Crippen LogP contribution < -0.4 is 10.1 Å². The maximum Gasteiger partial charge on any atom is 0.140 e. The molecule has 0 saturated heterocycles. The maximum absolute atomic E-state index is 5.71. The van der Waals surface area contributed by atoms with Gasteiger partial charge >= 0.3 is 0 Å². The van der Waals surface area contributed by atoms with Crippen molar-refractivity contribution < 1.29 is 4.74 Å². The monoisotopic (exact) mass is 276 g/mol. The van der Waals surface area contributed by atoms with Gasteiger partial charge in [-0.3, -0.25) is 0 Å². The Morgan fingerprint density at radius 3 is 2.79 bits per heavy atom. The van der Waals surface area contributed by atoms with Crippen molar-refractivity contribution in [2.75, 3.05) is 6.54 Å². The first-order valence-corrected chi connectivity index (χ1v) is 7.49. The largest absolute Gasteiger partial charge is 0.486 e. The third kappa shape index (κ3) is 4.65. The standard InChI is InChI=1S/C15H20N2OS/c1-3-8-16-9-13-11-19-15(17-13)10-18-14-6-4-12(2)5-7-14/h4-7,11,16H,3,8-10H2,1-2H3. The highest BCUT2D eigenvalue weighted by molar-refractivity contribution is 7.09. The Hall–Kier alpha value is -1.39. The summed E-state index contributed by atoms with van der Waals surface area (Å²) < 4.78 is 5.71. The number of nitrogens with one attached hydrogen (secondary N) is 1. The van der Waals surface area contributed by atoms with Gasteiger partial charge in [0.15, 0.2) is 0 Å². The molecule has 0 saturated carbocycles. The van der Waals surface area contributed by atoms with Crippen molar-refractivity contribution in [3.05, 3.63) is 45.9 Å². The van der Waals surface area contributed by atoms with Crippen molar-refractivity contribution in [1.29, 1.82) is 0 Å². The lowest BCUT2D eigenvalue weighted by Gasteiger charge is -2.04. The van der Waals surface area contributed by atoms with Crippen molar-refractivity contribution in [2.24, 2.45) is 0 Å². The number of aryl methyl sites for hydroxylation is 1. The molecule has 2 aromatic rings. The quantitative estimate of drug-likeness (QED) is 0.786. The number of ether oxygens (including phenoxy) is 1. The van der Waals surface area contributed by atoms with Crippen LogP contribution in [0.25, 0.3) is 0 Å². The van der Waals surface area contributed by atoms with Gasteiger partial charge in [0.2, 0.25) is 0 Å². The molecule has 0 amide bonds. The molecule has 1 N–H and O–H groups in total. The Morgan fingerprint density at radius 2 is 2.05 bits per heavy atom. The molecular formula is C15H20N2OS. The molecule has 3 nitrogen and oxygen atoms in total. The first-order valence-electron chi connectivity index (χ1n) is 6.61. The molecule has 0 unspecified atom stereocenters. The molecule has 0 radical (unpaired) electrons. The van der Waals surface area contributed by atoms with E-state index in [0.29, 0.717) is 6.61 Å². The summed E-state index contributed by atoms with van der Waals surface area (Å²) in [5.74, 6) is 0.895. The van der Waals surface area contributed by atoms with E-state index in [4.69, 9.17) is 4.74 Å². The predicted molar refractivity (Wildman–Crippen MR) is 79.6 cm³/mol. The highest BCUT2D eigenvalue weighted by Crippen LogP contribution is 2.16. The molecule has 102 valence electrons. The van der Waals surface area contributed by atoms with Gasteiger partial charge in [-0.1, -0.05) is 24.6 Å². The average molecular weight is 276 g/mol. The molecule has 0 fully saturated rings. The lowest BCUT2D eigenvalue weighted by atomic mass is 10.2. The molecule has 2 rings (SSSR count). The van der Waals surface area contributed by atoms with Crippen LogP contribution in [0.2, 0.25) is 0 Å². The molecule has 0 aliphatic heterocycles. The number of nitrogens with zero attached hydrogens (tertiary/aromatic N) is 1. The van der Waals surface area contributed by atoms with Crippen LogP contribution in [0.1, 0.15) is 29.6 Å². The predicted octanol–water partition coefficient (Wildman–Crippen LogP) is 3.53. The second-order valence-electron chi connectivity index (χ2n) is 4.51. The molecule has 0 atom stereocenters. The minimum absolute atomic E-state index is 0.543. The van der Waals surface area contributed by atoms with Crippen LogP contribution >= 0.6 is 11.3 Å². The zero-order chi connectivity index (χ0) is 13.5. The fourth-order valence-corrected chi connectivity index (χ4v) is 2.37. The van der Waals surface area contributed by atoms with Crippen LogP contribution in [0.3, 0.4) is 0 Å². The van der Waals surface area contributed by atoms with Gasteiger partial charge in [0.1, 0.15) is 17.4 Å². The molecule has 0 aliphatic rings. The van der Waals surface area contributed by atoms with Gasteiger partial charge < -0.3 is 10.1 Å². The van der Waals surface area contributed by atoms with Crippen molar-refractivity contribution in [1.82, 2.24) is 10.3 Å². The van der Waals surface area contributed by atoms with E-state index in [-0.39, 0.29) is 0 Å². The van der Waals surface area contributed by atoms with Crippen LogP contribution in [-0.2, 0) is 13.2 Å². The number of aromatic nitrogens is 1. The van der Waals surface area contributed by atoms with E-state index < -0.39 is 0 Å². The zero-order valence-corrected chi connectivity index (χ0v) is 12.3. The third-order valence-corrected chi connectivity index (χ3v) is 3.59. The average Bonchev–Trinajstić information content (AvgIpc) is 2.86. The lowest BCUT2D eigenvalue weighted by molar-refractivity contribution is 0.305. The lowest BCUT2D eigenvalue weighted by Crippen LogP contribution is -2.14. The Balaban J connectivity index is 1.81. The van der Waals surface area contributed by atoms with Crippen LogP contribution in [0.15, 0.2) is 29.6 Å². The number of hydrogen-bond donors (Lipinski definition) is 1. The highest BCUT2D eigenvalue weighted by atomic mass is 32.1. The van der Waals surface area contributed by atoms with Gasteiger partial charge in [-0.05, 0) is 32.0 Å². The fraction of sp³-hybridized carbons (Fsp3) is 0.400. The fourth-order valence-electron chi connectivity index (χ4n) is 1.67. The SMILES string of the molecule is CCCNCc1csc(COc2ccc(C)cc2)n1. The van der Waals surface area contributed by atoms with Gasteiger partial charge in [0, 0.05) is 11.9 Å². The van der Waals surface area contributed by atoms with Gasteiger partial charge in [0.05, 0.1) is 5.69 Å². The first-order chi connectivity index (χ1) is 9.28. The van der Waals surface area contributed by atoms with E-state index in [9.17, 15) is 0 Å². The van der Waals surface area contributed by atoms with E-state index in [1.54, 1.807) is 11.3 Å². The first kappa shape index (κ1) is 14.0. The van der Waals surface area contributed by atoms with Gasteiger partial charge in [-0.25, -0.2) is 4.98 Å². The molecule has 0 spiro atoms. The number of thiazole rings is 1. The summed E-state index contributed by atoms with van der Waals surface area (Å²) in [6.07, 6.45) is 1.15. The van der Waals surface area contributed by atoms with E-state index in [1.165, 1.54) is 5.56 Å². The molecule has 1 aromatic heterocycles. The summed E-state index contributed by atoms with van der Waals surface area (Å²) in [6, 6.07) is 8.09. The van der Waals surface area contributed by atoms with Gasteiger partial charge in [-0.15, -0.1) is 11.3 Å². The molecule has 0 bridgehead atoms. The van der Waals surface area contributed by atoms with Crippen molar-refractivity contribution in [3.8, 4) is 5.75 Å².